The van der Waals surface area contributed by atoms with Gasteiger partial charge in [-0.15, -0.1) is 0 Å². The summed E-state index contributed by atoms with van der Waals surface area (Å²) in [6.45, 7) is 1.42. The molecular formula is C16H14F2N2O2. The number of rotatable bonds is 3. The Morgan fingerprint density at radius 3 is 2.73 bits per heavy atom. The number of amides is 1. The molecule has 0 unspecified atom stereocenters. The summed E-state index contributed by atoms with van der Waals surface area (Å²) in [5.74, 6) is -4.91. The lowest BCUT2D eigenvalue weighted by atomic mass is 9.98. The fourth-order valence-electron chi connectivity index (χ4n) is 2.69. The fourth-order valence-corrected chi connectivity index (χ4v) is 2.69. The van der Waals surface area contributed by atoms with E-state index in [1.807, 2.05) is 0 Å². The zero-order valence-corrected chi connectivity index (χ0v) is 11.8. The van der Waals surface area contributed by atoms with E-state index in [9.17, 15) is 18.7 Å². The maximum Gasteiger partial charge on any atom is 0.352 e. The van der Waals surface area contributed by atoms with Gasteiger partial charge in [-0.05, 0) is 30.2 Å². The summed E-state index contributed by atoms with van der Waals surface area (Å²) in [6, 6.07) is 7.84. The van der Waals surface area contributed by atoms with Crippen LogP contribution in [0.25, 0.3) is 0 Å². The Morgan fingerprint density at radius 2 is 2.09 bits per heavy atom. The number of fused-ring (bicyclic) bond motifs is 1. The monoisotopic (exact) mass is 304 g/mol. The molecule has 6 heteroatoms. The smallest absolute Gasteiger partial charge is 0.352 e. The van der Waals surface area contributed by atoms with Crippen LogP contribution in [0.15, 0.2) is 42.7 Å². The van der Waals surface area contributed by atoms with Gasteiger partial charge < -0.3 is 10.0 Å². The molecule has 2 aromatic rings. The molecule has 2 heterocycles. The predicted molar refractivity (Wildman–Crippen MR) is 76.4 cm³/mol. The van der Waals surface area contributed by atoms with Crippen LogP contribution in [0.3, 0.4) is 0 Å². The lowest BCUT2D eigenvalue weighted by Crippen LogP contribution is -2.34. The molecule has 0 fully saturated rings. The van der Waals surface area contributed by atoms with Gasteiger partial charge in [0.2, 0.25) is 0 Å². The summed E-state index contributed by atoms with van der Waals surface area (Å²) in [4.78, 5) is 17.1. The number of hydrogen-bond donors (Lipinski definition) is 1. The molecule has 0 saturated carbocycles. The molecule has 1 aliphatic rings. The number of aromatic nitrogens is 1. The third kappa shape index (κ3) is 2.16. The Kier molecular flexibility index (Phi) is 3.41. The Bertz CT molecular complexity index is 717. The molecule has 1 aromatic carbocycles. The predicted octanol–water partition coefficient (Wildman–Crippen LogP) is 2.77. The first-order valence-electron chi connectivity index (χ1n) is 6.83. The van der Waals surface area contributed by atoms with Gasteiger partial charge in [-0.25, -0.2) is 0 Å². The van der Waals surface area contributed by atoms with Crippen molar-refractivity contribution in [1.82, 2.24) is 4.98 Å². The largest absolute Gasteiger partial charge is 0.389 e. The summed E-state index contributed by atoms with van der Waals surface area (Å²) in [5.41, 5.74) is 0.461. The highest BCUT2D eigenvalue weighted by Crippen LogP contribution is 2.47. The number of nitrogens with zero attached hydrogens (tertiary/aromatic N) is 2. The number of hydrogen-bond acceptors (Lipinski definition) is 3. The van der Waals surface area contributed by atoms with E-state index in [0.29, 0.717) is 5.56 Å². The molecule has 1 aliphatic heterocycles. The SMILES string of the molecule is C[C@H](O)c1cccc2c1C(F)(F)C(=O)N2Cc1cccnc1. The Hall–Kier alpha value is -2.34. The van der Waals surface area contributed by atoms with E-state index in [-0.39, 0.29) is 17.8 Å². The topological polar surface area (TPSA) is 53.4 Å². The summed E-state index contributed by atoms with van der Waals surface area (Å²) < 4.78 is 28.8. The van der Waals surface area contributed by atoms with E-state index in [2.05, 4.69) is 4.98 Å². The number of carbonyl (C=O) groups is 1. The molecule has 1 amide bonds. The van der Waals surface area contributed by atoms with Gasteiger partial charge >= 0.3 is 11.8 Å². The van der Waals surface area contributed by atoms with Crippen LogP contribution in [0.2, 0.25) is 0 Å². The molecule has 22 heavy (non-hydrogen) atoms. The zero-order chi connectivity index (χ0) is 15.9. The number of benzene rings is 1. The fraction of sp³-hybridized carbons (Fsp3) is 0.250. The van der Waals surface area contributed by atoms with Crippen LogP contribution in [0.5, 0.6) is 0 Å². The highest BCUT2D eigenvalue weighted by atomic mass is 19.3. The van der Waals surface area contributed by atoms with Crippen LogP contribution in [0.1, 0.15) is 29.7 Å². The van der Waals surface area contributed by atoms with Crippen molar-refractivity contribution in [2.24, 2.45) is 0 Å². The van der Waals surface area contributed by atoms with E-state index in [4.69, 9.17) is 0 Å². The number of pyridine rings is 1. The van der Waals surface area contributed by atoms with Crippen LogP contribution < -0.4 is 4.90 Å². The number of carbonyl (C=O) groups excluding carboxylic acids is 1. The first kappa shape index (κ1) is 14.6. The molecule has 0 radical (unpaired) electrons. The average molecular weight is 304 g/mol. The number of anilines is 1. The first-order valence-corrected chi connectivity index (χ1v) is 6.83. The van der Waals surface area contributed by atoms with Gasteiger partial charge in [-0.2, -0.15) is 8.78 Å². The van der Waals surface area contributed by atoms with Crippen molar-refractivity contribution in [2.75, 3.05) is 4.90 Å². The van der Waals surface area contributed by atoms with Crippen LogP contribution in [0, 0.1) is 0 Å². The molecule has 4 nitrogen and oxygen atoms in total. The van der Waals surface area contributed by atoms with Gasteiger partial charge in [0, 0.05) is 12.4 Å². The van der Waals surface area contributed by atoms with Gasteiger partial charge in [0.05, 0.1) is 23.9 Å². The number of aliphatic hydroxyl groups is 1. The van der Waals surface area contributed by atoms with Gasteiger partial charge in [0.15, 0.2) is 0 Å². The Labute approximate surface area is 126 Å². The average Bonchev–Trinajstić information content (AvgIpc) is 2.69. The standard InChI is InChI=1S/C16H14F2N2O2/c1-10(21)12-5-2-6-13-14(12)16(17,18)15(22)20(13)9-11-4-3-7-19-8-11/h2-8,10,21H,9H2,1H3/t10-/m0/s1. The number of aliphatic hydroxyl groups excluding tert-OH is 1. The van der Waals surface area contributed by atoms with Gasteiger partial charge in [0.1, 0.15) is 0 Å². The van der Waals surface area contributed by atoms with Crippen molar-refractivity contribution in [2.45, 2.75) is 25.5 Å². The molecule has 1 atom stereocenters. The minimum absolute atomic E-state index is 0.0124. The molecule has 1 aromatic heterocycles. The Balaban J connectivity index is 2.09. The third-order valence-corrected chi connectivity index (χ3v) is 3.71. The maximum absolute atomic E-state index is 14.4. The maximum atomic E-state index is 14.4. The van der Waals surface area contributed by atoms with Crippen molar-refractivity contribution >= 4 is 11.6 Å². The van der Waals surface area contributed by atoms with Crippen LogP contribution in [0.4, 0.5) is 14.5 Å². The second-order valence-electron chi connectivity index (χ2n) is 5.24. The molecule has 0 saturated heterocycles. The molecule has 1 N–H and O–H groups in total. The summed E-state index contributed by atoms with van der Waals surface area (Å²) in [7, 11) is 0. The zero-order valence-electron chi connectivity index (χ0n) is 11.8. The lowest BCUT2D eigenvalue weighted by molar-refractivity contribution is -0.141. The highest BCUT2D eigenvalue weighted by molar-refractivity contribution is 6.06. The minimum Gasteiger partial charge on any atom is -0.389 e. The summed E-state index contributed by atoms with van der Waals surface area (Å²) in [5, 5.41) is 9.71. The molecule has 0 bridgehead atoms. The van der Waals surface area contributed by atoms with E-state index in [1.54, 1.807) is 24.4 Å². The molecule has 3 rings (SSSR count). The normalized spacial score (nSPS) is 17.5. The summed E-state index contributed by atoms with van der Waals surface area (Å²) >= 11 is 0. The molecular weight excluding hydrogens is 290 g/mol. The lowest BCUT2D eigenvalue weighted by Gasteiger charge is -2.17. The van der Waals surface area contributed by atoms with E-state index < -0.39 is 23.5 Å². The van der Waals surface area contributed by atoms with Gasteiger partial charge in [-0.1, -0.05) is 18.2 Å². The second-order valence-corrected chi connectivity index (χ2v) is 5.24. The quantitative estimate of drug-likeness (QED) is 0.948. The van der Waals surface area contributed by atoms with E-state index in [1.165, 1.54) is 25.3 Å². The third-order valence-electron chi connectivity index (χ3n) is 3.71. The number of alkyl halides is 2. The Morgan fingerprint density at radius 1 is 1.32 bits per heavy atom. The van der Waals surface area contributed by atoms with Crippen LogP contribution in [-0.4, -0.2) is 16.0 Å². The minimum atomic E-state index is -3.63. The van der Waals surface area contributed by atoms with Crippen LogP contribution in [-0.2, 0) is 17.3 Å². The number of halogens is 2. The second kappa shape index (κ2) is 5.14. The van der Waals surface area contributed by atoms with Crippen molar-refractivity contribution in [1.29, 1.82) is 0 Å². The van der Waals surface area contributed by atoms with Crippen molar-refractivity contribution in [3.8, 4) is 0 Å². The van der Waals surface area contributed by atoms with Gasteiger partial charge in [0.25, 0.3) is 0 Å². The molecule has 0 aliphatic carbocycles. The molecule has 114 valence electrons. The highest BCUT2D eigenvalue weighted by Gasteiger charge is 2.54. The summed E-state index contributed by atoms with van der Waals surface area (Å²) in [6.07, 6.45) is 2.03. The van der Waals surface area contributed by atoms with Crippen molar-refractivity contribution in [3.05, 3.63) is 59.4 Å². The van der Waals surface area contributed by atoms with Gasteiger partial charge in [-0.3, -0.25) is 9.78 Å². The van der Waals surface area contributed by atoms with Crippen molar-refractivity contribution in [3.63, 3.8) is 0 Å². The van der Waals surface area contributed by atoms with E-state index >= 15 is 0 Å². The first-order chi connectivity index (χ1) is 10.4. The van der Waals surface area contributed by atoms with E-state index in [0.717, 1.165) is 4.90 Å². The van der Waals surface area contributed by atoms with Crippen LogP contribution >= 0.6 is 0 Å². The molecule has 0 spiro atoms. The van der Waals surface area contributed by atoms with Crippen molar-refractivity contribution < 1.29 is 18.7 Å².